The molecule has 0 aliphatic rings. The molecule has 2 N–H and O–H groups in total. The summed E-state index contributed by atoms with van der Waals surface area (Å²) in [5.74, 6) is 0.744. The van der Waals surface area contributed by atoms with E-state index in [0.29, 0.717) is 17.5 Å². The average Bonchev–Trinajstić information content (AvgIpc) is 2.86. The van der Waals surface area contributed by atoms with Crippen LogP contribution in [0, 0.1) is 0 Å². The zero-order valence-electron chi connectivity index (χ0n) is 12.1. The van der Waals surface area contributed by atoms with Crippen molar-refractivity contribution in [2.45, 2.75) is 19.4 Å². The summed E-state index contributed by atoms with van der Waals surface area (Å²) >= 11 is 0. The fourth-order valence-corrected chi connectivity index (χ4v) is 1.98. The van der Waals surface area contributed by atoms with Gasteiger partial charge in [-0.05, 0) is 12.5 Å². The molecule has 7 nitrogen and oxygen atoms in total. The van der Waals surface area contributed by atoms with Gasteiger partial charge in [0.15, 0.2) is 0 Å². The van der Waals surface area contributed by atoms with E-state index in [9.17, 15) is 0 Å². The maximum atomic E-state index is 6.27. The second kappa shape index (κ2) is 5.87. The van der Waals surface area contributed by atoms with Gasteiger partial charge in [0, 0.05) is 7.05 Å². The maximum absolute atomic E-state index is 6.27. The molecule has 0 spiro atoms. The molecule has 0 bridgehead atoms. The van der Waals surface area contributed by atoms with Crippen LogP contribution < -0.4 is 15.2 Å². The predicted octanol–water partition coefficient (Wildman–Crippen LogP) is 0.838. The van der Waals surface area contributed by atoms with E-state index >= 15 is 0 Å². The summed E-state index contributed by atoms with van der Waals surface area (Å²) in [7, 11) is 4.91. The van der Waals surface area contributed by atoms with E-state index in [2.05, 4.69) is 15.1 Å². The SMILES string of the molecule is CCc1cc(C(N)c2ncc(OC)nc2OC)n(C)n1. The minimum Gasteiger partial charge on any atom is -0.480 e. The minimum absolute atomic E-state index is 0.357. The molecule has 0 fully saturated rings. The highest BCUT2D eigenvalue weighted by Gasteiger charge is 2.21. The smallest absolute Gasteiger partial charge is 0.240 e. The number of aromatic nitrogens is 4. The van der Waals surface area contributed by atoms with E-state index in [4.69, 9.17) is 15.2 Å². The van der Waals surface area contributed by atoms with Gasteiger partial charge >= 0.3 is 0 Å². The van der Waals surface area contributed by atoms with Gasteiger partial charge in [-0.2, -0.15) is 10.1 Å². The first kappa shape index (κ1) is 14.3. The molecule has 0 radical (unpaired) electrons. The molecule has 2 aromatic rings. The number of hydrogen-bond acceptors (Lipinski definition) is 6. The van der Waals surface area contributed by atoms with Crippen LogP contribution in [-0.4, -0.2) is 34.0 Å². The second-order valence-corrected chi connectivity index (χ2v) is 4.32. The minimum atomic E-state index is -0.457. The van der Waals surface area contributed by atoms with Gasteiger partial charge in [-0.1, -0.05) is 6.92 Å². The first-order chi connectivity index (χ1) is 9.60. The van der Waals surface area contributed by atoms with Crippen molar-refractivity contribution in [3.63, 3.8) is 0 Å². The van der Waals surface area contributed by atoms with Crippen LogP contribution >= 0.6 is 0 Å². The zero-order valence-corrected chi connectivity index (χ0v) is 12.1. The van der Waals surface area contributed by atoms with Crippen molar-refractivity contribution in [1.82, 2.24) is 19.7 Å². The van der Waals surface area contributed by atoms with Crippen molar-refractivity contribution in [3.05, 3.63) is 29.3 Å². The van der Waals surface area contributed by atoms with Crippen LogP contribution in [0.5, 0.6) is 11.8 Å². The Morgan fingerprint density at radius 3 is 2.65 bits per heavy atom. The van der Waals surface area contributed by atoms with E-state index < -0.39 is 6.04 Å². The average molecular weight is 277 g/mol. The summed E-state index contributed by atoms with van der Waals surface area (Å²) in [6.07, 6.45) is 2.38. The normalized spacial score (nSPS) is 12.2. The molecule has 0 aliphatic heterocycles. The highest BCUT2D eigenvalue weighted by molar-refractivity contribution is 5.32. The fourth-order valence-electron chi connectivity index (χ4n) is 1.98. The van der Waals surface area contributed by atoms with Gasteiger partial charge in [0.2, 0.25) is 11.8 Å². The van der Waals surface area contributed by atoms with Crippen molar-refractivity contribution in [1.29, 1.82) is 0 Å². The Balaban J connectivity index is 2.41. The van der Waals surface area contributed by atoms with Gasteiger partial charge in [-0.3, -0.25) is 4.68 Å². The van der Waals surface area contributed by atoms with Crippen LogP contribution in [0.1, 0.15) is 30.0 Å². The van der Waals surface area contributed by atoms with E-state index in [1.54, 1.807) is 4.68 Å². The maximum Gasteiger partial charge on any atom is 0.240 e. The number of methoxy groups -OCH3 is 2. The number of nitrogens with zero attached hydrogens (tertiary/aromatic N) is 4. The molecule has 2 aromatic heterocycles. The third-order valence-corrected chi connectivity index (χ3v) is 3.09. The van der Waals surface area contributed by atoms with E-state index in [0.717, 1.165) is 17.8 Å². The first-order valence-corrected chi connectivity index (χ1v) is 6.34. The summed E-state index contributed by atoms with van der Waals surface area (Å²) < 4.78 is 12.0. The van der Waals surface area contributed by atoms with E-state index in [1.165, 1.54) is 20.4 Å². The highest BCUT2D eigenvalue weighted by Crippen LogP contribution is 2.26. The lowest BCUT2D eigenvalue weighted by Gasteiger charge is -2.14. The van der Waals surface area contributed by atoms with Crippen molar-refractivity contribution in [2.24, 2.45) is 12.8 Å². The molecule has 2 heterocycles. The molecular weight excluding hydrogens is 258 g/mol. The van der Waals surface area contributed by atoms with Crippen LogP contribution in [-0.2, 0) is 13.5 Å². The van der Waals surface area contributed by atoms with Crippen molar-refractivity contribution in [3.8, 4) is 11.8 Å². The second-order valence-electron chi connectivity index (χ2n) is 4.32. The first-order valence-electron chi connectivity index (χ1n) is 6.34. The summed E-state index contributed by atoms with van der Waals surface area (Å²) in [6, 6.07) is 1.51. The Morgan fingerprint density at radius 2 is 2.10 bits per heavy atom. The molecule has 0 saturated carbocycles. The van der Waals surface area contributed by atoms with Crippen molar-refractivity contribution >= 4 is 0 Å². The molecule has 7 heteroatoms. The Kier molecular flexibility index (Phi) is 4.19. The Bertz CT molecular complexity index is 596. The molecule has 108 valence electrons. The molecule has 20 heavy (non-hydrogen) atoms. The molecule has 0 aliphatic carbocycles. The van der Waals surface area contributed by atoms with Gasteiger partial charge in [-0.15, -0.1) is 0 Å². The van der Waals surface area contributed by atoms with Crippen molar-refractivity contribution in [2.75, 3.05) is 14.2 Å². The van der Waals surface area contributed by atoms with Gasteiger partial charge < -0.3 is 15.2 Å². The third-order valence-electron chi connectivity index (χ3n) is 3.09. The zero-order chi connectivity index (χ0) is 14.7. The molecule has 0 amide bonds. The molecule has 1 atom stereocenters. The predicted molar refractivity (Wildman–Crippen MR) is 73.8 cm³/mol. The van der Waals surface area contributed by atoms with E-state index in [-0.39, 0.29) is 0 Å². The molecule has 0 aromatic carbocycles. The molecular formula is C13H19N5O2. The monoisotopic (exact) mass is 277 g/mol. The Labute approximate surface area is 117 Å². The topological polar surface area (TPSA) is 88.1 Å². The van der Waals surface area contributed by atoms with Gasteiger partial charge in [0.05, 0.1) is 37.8 Å². The summed E-state index contributed by atoms with van der Waals surface area (Å²) in [4.78, 5) is 8.49. The number of aryl methyl sites for hydroxylation is 2. The number of ether oxygens (including phenoxy) is 2. The Hall–Kier alpha value is -2.15. The van der Waals surface area contributed by atoms with Gasteiger partial charge in [-0.25, -0.2) is 4.98 Å². The lowest BCUT2D eigenvalue weighted by molar-refractivity contribution is 0.354. The lowest BCUT2D eigenvalue weighted by atomic mass is 10.1. The number of hydrogen-bond donors (Lipinski definition) is 1. The van der Waals surface area contributed by atoms with Gasteiger partial charge in [0.25, 0.3) is 0 Å². The highest BCUT2D eigenvalue weighted by atomic mass is 16.5. The lowest BCUT2D eigenvalue weighted by Crippen LogP contribution is -2.18. The van der Waals surface area contributed by atoms with Crippen LogP contribution in [0.25, 0.3) is 0 Å². The number of rotatable bonds is 5. The standard InChI is InChI=1S/C13H19N5O2/c1-5-8-6-9(18(2)17-8)11(14)12-13(20-4)16-10(19-3)7-15-12/h6-7,11H,5,14H2,1-4H3. The fraction of sp³-hybridized carbons (Fsp3) is 0.462. The van der Waals surface area contributed by atoms with Crippen LogP contribution in [0.15, 0.2) is 12.3 Å². The van der Waals surface area contributed by atoms with Gasteiger partial charge in [0.1, 0.15) is 5.69 Å². The summed E-state index contributed by atoms with van der Waals surface area (Å²) in [5.41, 5.74) is 8.67. The molecule has 0 saturated heterocycles. The van der Waals surface area contributed by atoms with E-state index in [1.807, 2.05) is 20.0 Å². The van der Waals surface area contributed by atoms with Crippen LogP contribution in [0.3, 0.4) is 0 Å². The molecule has 2 rings (SSSR count). The molecule has 1 unspecified atom stereocenters. The van der Waals surface area contributed by atoms with Crippen molar-refractivity contribution < 1.29 is 9.47 Å². The van der Waals surface area contributed by atoms with Crippen LogP contribution in [0.2, 0.25) is 0 Å². The quantitative estimate of drug-likeness (QED) is 0.871. The number of nitrogens with two attached hydrogens (primary N) is 1. The Morgan fingerprint density at radius 1 is 1.35 bits per heavy atom. The summed E-state index contributed by atoms with van der Waals surface area (Å²) in [6.45, 7) is 2.05. The largest absolute Gasteiger partial charge is 0.480 e. The van der Waals surface area contributed by atoms with Crippen LogP contribution in [0.4, 0.5) is 0 Å². The summed E-state index contributed by atoms with van der Waals surface area (Å²) in [5, 5.41) is 4.39. The third kappa shape index (κ3) is 2.57.